The van der Waals surface area contributed by atoms with Crippen molar-refractivity contribution in [3.8, 4) is 0 Å². The van der Waals surface area contributed by atoms with E-state index in [-0.39, 0.29) is 11.6 Å². The molecule has 0 atom stereocenters. The van der Waals surface area contributed by atoms with E-state index >= 15 is 0 Å². The number of alkyl halides is 3. The van der Waals surface area contributed by atoms with E-state index in [0.717, 1.165) is 25.7 Å². The molecule has 0 aromatic carbocycles. The van der Waals surface area contributed by atoms with E-state index in [9.17, 15) is 18.0 Å². The minimum atomic E-state index is -4.63. The number of hydrogen-bond donors (Lipinski definition) is 0. The van der Waals surface area contributed by atoms with Gasteiger partial charge in [0.25, 0.3) is 5.91 Å². The van der Waals surface area contributed by atoms with Crippen molar-refractivity contribution in [2.24, 2.45) is 0 Å². The fourth-order valence-electron chi connectivity index (χ4n) is 3.40. The zero-order valence-corrected chi connectivity index (χ0v) is 13.0. The standard InChI is InChI=1S/C15H20F3N3O2/c1-10-12(14(22)20-6-8-23-9-7-20)13(15(16,17)18)19-21(10)11-4-2-3-5-11/h11H,2-9H2,1H3. The van der Waals surface area contributed by atoms with Crippen molar-refractivity contribution in [2.75, 3.05) is 26.3 Å². The summed E-state index contributed by atoms with van der Waals surface area (Å²) in [6, 6.07) is -0.0395. The fraction of sp³-hybridized carbons (Fsp3) is 0.733. The minimum absolute atomic E-state index is 0.0395. The predicted octanol–water partition coefficient (Wildman–Crippen LogP) is 2.80. The van der Waals surface area contributed by atoms with Crippen molar-refractivity contribution in [2.45, 2.75) is 44.8 Å². The molecule has 0 unspecified atom stereocenters. The van der Waals surface area contributed by atoms with Crippen molar-refractivity contribution in [3.05, 3.63) is 17.0 Å². The molecule has 1 aromatic heterocycles. The number of nitrogens with zero attached hydrogens (tertiary/aromatic N) is 3. The summed E-state index contributed by atoms with van der Waals surface area (Å²) in [7, 11) is 0. The molecular formula is C15H20F3N3O2. The van der Waals surface area contributed by atoms with Gasteiger partial charge in [0.2, 0.25) is 0 Å². The molecule has 0 spiro atoms. The van der Waals surface area contributed by atoms with E-state index in [4.69, 9.17) is 4.74 Å². The average molecular weight is 331 g/mol. The highest BCUT2D eigenvalue weighted by Gasteiger charge is 2.42. The molecule has 1 amide bonds. The molecule has 1 aliphatic heterocycles. The van der Waals surface area contributed by atoms with Crippen LogP contribution >= 0.6 is 0 Å². The first-order chi connectivity index (χ1) is 10.9. The Morgan fingerprint density at radius 3 is 2.39 bits per heavy atom. The smallest absolute Gasteiger partial charge is 0.378 e. The Labute approximate surface area is 132 Å². The van der Waals surface area contributed by atoms with Gasteiger partial charge >= 0.3 is 6.18 Å². The maximum absolute atomic E-state index is 13.4. The number of morpholine rings is 1. The minimum Gasteiger partial charge on any atom is -0.378 e. The van der Waals surface area contributed by atoms with Crippen molar-refractivity contribution in [1.29, 1.82) is 0 Å². The topological polar surface area (TPSA) is 47.4 Å². The second-order valence-corrected chi connectivity index (χ2v) is 6.09. The third-order valence-corrected chi connectivity index (χ3v) is 4.60. The molecule has 5 nitrogen and oxygen atoms in total. The molecule has 23 heavy (non-hydrogen) atoms. The second-order valence-electron chi connectivity index (χ2n) is 6.09. The molecule has 1 saturated heterocycles. The summed E-state index contributed by atoms with van der Waals surface area (Å²) in [4.78, 5) is 14.1. The summed E-state index contributed by atoms with van der Waals surface area (Å²) < 4.78 is 46.7. The van der Waals surface area contributed by atoms with Crippen LogP contribution in [0.15, 0.2) is 0 Å². The van der Waals surface area contributed by atoms with E-state index in [1.807, 2.05) is 0 Å². The van der Waals surface area contributed by atoms with Crippen LogP contribution in [0.25, 0.3) is 0 Å². The third-order valence-electron chi connectivity index (χ3n) is 4.60. The number of ether oxygens (including phenoxy) is 1. The van der Waals surface area contributed by atoms with Gasteiger partial charge in [-0.3, -0.25) is 9.48 Å². The highest BCUT2D eigenvalue weighted by molar-refractivity contribution is 5.96. The quantitative estimate of drug-likeness (QED) is 0.837. The molecule has 1 saturated carbocycles. The number of aromatic nitrogens is 2. The molecule has 2 aliphatic rings. The van der Waals surface area contributed by atoms with Crippen LogP contribution in [0.2, 0.25) is 0 Å². The van der Waals surface area contributed by atoms with E-state index in [1.165, 1.54) is 9.58 Å². The van der Waals surface area contributed by atoms with Crippen LogP contribution in [0.3, 0.4) is 0 Å². The first-order valence-corrected chi connectivity index (χ1v) is 7.93. The van der Waals surface area contributed by atoms with Crippen molar-refractivity contribution >= 4 is 5.91 Å². The molecule has 0 bridgehead atoms. The maximum Gasteiger partial charge on any atom is 0.435 e. The van der Waals surface area contributed by atoms with E-state index in [1.54, 1.807) is 6.92 Å². The molecule has 1 aliphatic carbocycles. The van der Waals surface area contributed by atoms with Crippen LogP contribution in [0.4, 0.5) is 13.2 Å². The van der Waals surface area contributed by atoms with Gasteiger partial charge in [0.15, 0.2) is 5.69 Å². The van der Waals surface area contributed by atoms with Gasteiger partial charge < -0.3 is 9.64 Å². The van der Waals surface area contributed by atoms with E-state index in [0.29, 0.717) is 32.0 Å². The van der Waals surface area contributed by atoms with Crippen molar-refractivity contribution in [1.82, 2.24) is 14.7 Å². The fourth-order valence-corrected chi connectivity index (χ4v) is 3.40. The largest absolute Gasteiger partial charge is 0.435 e. The van der Waals surface area contributed by atoms with Crippen LogP contribution < -0.4 is 0 Å². The van der Waals surface area contributed by atoms with Crippen LogP contribution in [-0.4, -0.2) is 46.9 Å². The van der Waals surface area contributed by atoms with Crippen molar-refractivity contribution < 1.29 is 22.7 Å². The summed E-state index contributed by atoms with van der Waals surface area (Å²) in [6.45, 7) is 2.88. The number of amides is 1. The molecular weight excluding hydrogens is 311 g/mol. The van der Waals surface area contributed by atoms with Gasteiger partial charge in [-0.1, -0.05) is 12.8 Å². The molecule has 3 rings (SSSR count). The van der Waals surface area contributed by atoms with Gasteiger partial charge in [-0.05, 0) is 19.8 Å². The first kappa shape index (κ1) is 16.3. The van der Waals surface area contributed by atoms with Gasteiger partial charge in [-0.15, -0.1) is 0 Å². The van der Waals surface area contributed by atoms with E-state index < -0.39 is 17.8 Å². The molecule has 2 fully saturated rings. The van der Waals surface area contributed by atoms with Crippen molar-refractivity contribution in [3.63, 3.8) is 0 Å². The second kappa shape index (κ2) is 6.14. The van der Waals surface area contributed by atoms with Crippen LogP contribution in [0, 0.1) is 6.92 Å². The summed E-state index contributed by atoms with van der Waals surface area (Å²) in [5, 5.41) is 3.79. The highest BCUT2D eigenvalue weighted by atomic mass is 19.4. The number of halogens is 3. The number of carbonyl (C=O) groups is 1. The summed E-state index contributed by atoms with van der Waals surface area (Å²) >= 11 is 0. The van der Waals surface area contributed by atoms with E-state index in [2.05, 4.69) is 5.10 Å². The molecule has 8 heteroatoms. The number of hydrogen-bond acceptors (Lipinski definition) is 3. The molecule has 0 N–H and O–H groups in total. The van der Waals surface area contributed by atoms with Gasteiger partial charge in [0, 0.05) is 18.8 Å². The van der Waals surface area contributed by atoms with Gasteiger partial charge in [-0.25, -0.2) is 0 Å². The Morgan fingerprint density at radius 1 is 1.22 bits per heavy atom. The Hall–Kier alpha value is -1.57. The first-order valence-electron chi connectivity index (χ1n) is 7.93. The molecule has 128 valence electrons. The summed E-state index contributed by atoms with van der Waals surface area (Å²) in [6.07, 6.45) is -1.04. The van der Waals surface area contributed by atoms with Gasteiger partial charge in [0.05, 0.1) is 24.8 Å². The highest BCUT2D eigenvalue weighted by Crippen LogP contribution is 2.37. The third kappa shape index (κ3) is 3.08. The predicted molar refractivity (Wildman–Crippen MR) is 76.2 cm³/mol. The summed E-state index contributed by atoms with van der Waals surface area (Å²) in [5.74, 6) is -0.595. The number of rotatable bonds is 2. The maximum atomic E-state index is 13.4. The lowest BCUT2D eigenvalue weighted by molar-refractivity contribution is -0.142. The average Bonchev–Trinajstić information content (AvgIpc) is 3.14. The van der Waals surface area contributed by atoms with Crippen LogP contribution in [0.1, 0.15) is 53.5 Å². The summed E-state index contributed by atoms with van der Waals surface area (Å²) in [5.41, 5.74) is -1.04. The zero-order valence-electron chi connectivity index (χ0n) is 13.0. The van der Waals surface area contributed by atoms with Gasteiger partial charge in [0.1, 0.15) is 0 Å². The van der Waals surface area contributed by atoms with Gasteiger partial charge in [-0.2, -0.15) is 18.3 Å². The molecule has 1 aromatic rings. The number of carbonyl (C=O) groups excluding carboxylic acids is 1. The Kier molecular flexibility index (Phi) is 4.35. The Balaban J connectivity index is 2.00. The lowest BCUT2D eigenvalue weighted by Crippen LogP contribution is -2.41. The monoisotopic (exact) mass is 331 g/mol. The molecule has 0 radical (unpaired) electrons. The lowest BCUT2D eigenvalue weighted by atomic mass is 10.1. The normalized spacial score (nSPS) is 20.3. The lowest BCUT2D eigenvalue weighted by Gasteiger charge is -2.27. The zero-order chi connectivity index (χ0) is 16.6. The van der Waals surface area contributed by atoms with Crippen LogP contribution in [-0.2, 0) is 10.9 Å². The SMILES string of the molecule is Cc1c(C(=O)N2CCOCC2)c(C(F)(F)F)nn1C1CCCC1. The Morgan fingerprint density at radius 2 is 1.83 bits per heavy atom. The Bertz CT molecular complexity index is 586. The molecule has 2 heterocycles. The van der Waals surface area contributed by atoms with Crippen LogP contribution in [0.5, 0.6) is 0 Å².